The Labute approximate surface area is 168 Å². The molecule has 2 aliphatic heterocycles. The number of anilines is 1. The minimum Gasteiger partial charge on any atom is -0.345 e. The van der Waals surface area contributed by atoms with E-state index >= 15 is 4.39 Å². The predicted octanol–water partition coefficient (Wildman–Crippen LogP) is 3.83. The van der Waals surface area contributed by atoms with Crippen LogP contribution >= 0.6 is 11.6 Å². The van der Waals surface area contributed by atoms with Crippen molar-refractivity contribution in [3.05, 3.63) is 58.3 Å². The van der Waals surface area contributed by atoms with Gasteiger partial charge in [-0.05, 0) is 24.5 Å². The summed E-state index contributed by atoms with van der Waals surface area (Å²) < 4.78 is 110. The lowest BCUT2D eigenvalue weighted by Gasteiger charge is -2.11. The Morgan fingerprint density at radius 3 is 2.89 bits per heavy atom. The predicted molar refractivity (Wildman–Crippen MR) is 97.7 cm³/mol. The lowest BCUT2D eigenvalue weighted by molar-refractivity contribution is 0.103. The van der Waals surface area contributed by atoms with E-state index in [2.05, 4.69) is 9.97 Å². The summed E-state index contributed by atoms with van der Waals surface area (Å²) in [5.74, 6) is -6.78. The molecule has 6 nitrogen and oxygen atoms in total. The van der Waals surface area contributed by atoms with Crippen molar-refractivity contribution >= 4 is 33.1 Å². The van der Waals surface area contributed by atoms with E-state index in [0.717, 1.165) is 6.92 Å². The van der Waals surface area contributed by atoms with Crippen molar-refractivity contribution in [1.82, 2.24) is 9.97 Å². The third-order valence-corrected chi connectivity index (χ3v) is 4.67. The normalized spacial score (nSPS) is 15.9. The maximum Gasteiger partial charge on any atom is 0.232 e. The van der Waals surface area contributed by atoms with Crippen molar-refractivity contribution in [2.75, 3.05) is 10.5 Å². The summed E-state index contributed by atoms with van der Waals surface area (Å²) in [7, 11) is -4.65. The van der Waals surface area contributed by atoms with E-state index in [9.17, 15) is 17.6 Å². The molecular formula is C17H14ClF2N3O3S. The second-order valence-corrected chi connectivity index (χ2v) is 7.28. The number of benzene rings is 1. The largest absolute Gasteiger partial charge is 0.345 e. The van der Waals surface area contributed by atoms with Crippen LogP contribution < -0.4 is 4.72 Å². The van der Waals surface area contributed by atoms with Gasteiger partial charge in [-0.1, -0.05) is 18.5 Å². The number of aromatic amines is 1. The molecule has 0 saturated heterocycles. The van der Waals surface area contributed by atoms with Crippen LogP contribution in [0.3, 0.4) is 0 Å². The van der Waals surface area contributed by atoms with Gasteiger partial charge >= 0.3 is 0 Å². The summed E-state index contributed by atoms with van der Waals surface area (Å²) >= 11 is 5.83. The highest BCUT2D eigenvalue weighted by molar-refractivity contribution is 7.92. The fourth-order valence-corrected chi connectivity index (χ4v) is 3.25. The monoisotopic (exact) mass is 420 g/mol. The maximum atomic E-state index is 15.3. The molecule has 0 radical (unpaired) electrons. The first-order valence-electron chi connectivity index (χ1n) is 10.6. The lowest BCUT2D eigenvalue weighted by atomic mass is 10.00. The molecule has 0 spiro atoms. The molecule has 0 aromatic heterocycles. The standard InChI is InChI=1S/C17H14ClF2N3O3S/c1-2-5-27(25,26)23-13-4-3-12(19)14(15(13)20)16(24)11-8-22-17-10(11)6-9(18)7-21-17/h3-4,6-8,23H,2,5H2,1H3,(H,21,22)/i2D2,3D,4D,6D,7D,8D. The molecule has 2 heterocycles. The summed E-state index contributed by atoms with van der Waals surface area (Å²) in [4.78, 5) is 19.1. The van der Waals surface area contributed by atoms with Gasteiger partial charge in [-0.15, -0.1) is 0 Å². The van der Waals surface area contributed by atoms with Gasteiger partial charge in [-0.25, -0.2) is 22.2 Å². The Kier molecular flexibility index (Phi) is 3.23. The summed E-state index contributed by atoms with van der Waals surface area (Å²) in [6, 6.07) is -3.23. The van der Waals surface area contributed by atoms with Crippen LogP contribution in [0.5, 0.6) is 0 Å². The van der Waals surface area contributed by atoms with Crippen molar-refractivity contribution in [2.24, 2.45) is 0 Å². The Morgan fingerprint density at radius 2 is 2.19 bits per heavy atom. The van der Waals surface area contributed by atoms with Crippen LogP contribution in [0.15, 0.2) is 30.5 Å². The molecule has 3 rings (SSSR count). The average molecular weight is 421 g/mol. The SMILES string of the molecule is [2H]c1nc2[nH]c([2H])c(Cl)c([2H])c-2c1C(=O)c1c(F)c([2H])c([2H])c(NS(=O)(=O)CC([2H])([2H])C)c1F. The molecule has 0 unspecified atom stereocenters. The van der Waals surface area contributed by atoms with Gasteiger partial charge in [0.1, 0.15) is 11.6 Å². The van der Waals surface area contributed by atoms with Crippen LogP contribution in [0.1, 0.15) is 38.8 Å². The van der Waals surface area contributed by atoms with Gasteiger partial charge < -0.3 is 4.98 Å². The van der Waals surface area contributed by atoms with E-state index in [4.69, 9.17) is 21.2 Å². The van der Waals surface area contributed by atoms with Gasteiger partial charge in [0.15, 0.2) is 5.82 Å². The van der Waals surface area contributed by atoms with Gasteiger partial charge in [0.25, 0.3) is 0 Å². The van der Waals surface area contributed by atoms with E-state index in [1.165, 1.54) is 0 Å². The molecule has 1 aromatic rings. The number of carbonyl (C=O) groups is 1. The van der Waals surface area contributed by atoms with Crippen LogP contribution in [0.2, 0.25) is 5.02 Å². The summed E-state index contributed by atoms with van der Waals surface area (Å²) in [5.41, 5.74) is -3.99. The molecule has 10 heteroatoms. The number of pyridine rings is 1. The molecule has 2 N–H and O–H groups in total. The van der Waals surface area contributed by atoms with Crippen LogP contribution in [0, 0.1) is 11.6 Å². The first kappa shape index (κ1) is 12.0. The van der Waals surface area contributed by atoms with Gasteiger partial charge in [0.2, 0.25) is 15.8 Å². The van der Waals surface area contributed by atoms with Gasteiger partial charge in [-0.3, -0.25) is 9.52 Å². The minimum absolute atomic E-state index is 0.317. The van der Waals surface area contributed by atoms with Crippen molar-refractivity contribution in [3.63, 3.8) is 0 Å². The molecule has 0 amide bonds. The molecule has 0 bridgehead atoms. The highest BCUT2D eigenvalue weighted by Crippen LogP contribution is 2.31. The lowest BCUT2D eigenvalue weighted by Crippen LogP contribution is -2.18. The number of sulfonamides is 1. The maximum absolute atomic E-state index is 15.3. The van der Waals surface area contributed by atoms with E-state index in [1.807, 2.05) is 0 Å². The number of hydrogen-bond donors (Lipinski definition) is 2. The van der Waals surface area contributed by atoms with Crippen LogP contribution in [-0.2, 0) is 10.0 Å². The van der Waals surface area contributed by atoms with Crippen LogP contribution in [0.25, 0.3) is 11.4 Å². The molecule has 2 aliphatic rings. The molecule has 0 aliphatic carbocycles. The molecule has 27 heavy (non-hydrogen) atoms. The topological polar surface area (TPSA) is 91.9 Å². The van der Waals surface area contributed by atoms with Crippen molar-refractivity contribution in [2.45, 2.75) is 13.3 Å². The van der Waals surface area contributed by atoms with Gasteiger partial charge in [0, 0.05) is 20.7 Å². The van der Waals surface area contributed by atoms with E-state index < -0.39 is 97.4 Å². The summed E-state index contributed by atoms with van der Waals surface area (Å²) in [5, 5.41) is -0.472. The number of nitrogens with one attached hydrogen (secondary N) is 2. The smallest absolute Gasteiger partial charge is 0.232 e. The Morgan fingerprint density at radius 1 is 1.44 bits per heavy atom. The number of rotatable bonds is 6. The minimum atomic E-state index is -4.65. The molecule has 1 aromatic carbocycles. The van der Waals surface area contributed by atoms with Crippen molar-refractivity contribution < 1.29 is 31.6 Å². The Hall–Kier alpha value is -2.52. The van der Waals surface area contributed by atoms with Crippen molar-refractivity contribution in [3.8, 4) is 11.4 Å². The van der Waals surface area contributed by atoms with Gasteiger partial charge in [0.05, 0.1) is 34.4 Å². The van der Waals surface area contributed by atoms with Gasteiger partial charge in [-0.2, -0.15) is 0 Å². The number of aromatic nitrogens is 2. The molecule has 0 fully saturated rings. The number of hydrogen-bond acceptors (Lipinski definition) is 4. The van der Waals surface area contributed by atoms with E-state index in [-0.39, 0.29) is 5.82 Å². The molecule has 0 atom stereocenters. The number of fused-ring (bicyclic) bond motifs is 1. The zero-order valence-corrected chi connectivity index (χ0v) is 15.0. The molecule has 142 valence electrons. The van der Waals surface area contributed by atoms with E-state index in [0.29, 0.717) is 0 Å². The quantitative estimate of drug-likeness (QED) is 0.593. The first-order valence-corrected chi connectivity index (χ1v) is 9.18. The fraction of sp³-hybridized carbons (Fsp3) is 0.176. The third-order valence-electron chi connectivity index (χ3n) is 3.29. The van der Waals surface area contributed by atoms with Crippen LogP contribution in [0.4, 0.5) is 14.5 Å². The molecular weight excluding hydrogens is 400 g/mol. The Balaban J connectivity index is 2.25. The second-order valence-electron chi connectivity index (χ2n) is 5.18. The summed E-state index contributed by atoms with van der Waals surface area (Å²) in [6.07, 6.45) is -3.58. The van der Waals surface area contributed by atoms with E-state index in [1.54, 1.807) is 4.72 Å². The van der Waals surface area contributed by atoms with Crippen molar-refractivity contribution in [1.29, 1.82) is 0 Å². The number of ketones is 1. The zero-order valence-electron chi connectivity index (χ0n) is 20.4. The average Bonchev–Trinajstić information content (AvgIpc) is 3.02. The second kappa shape index (κ2) is 7.24. The third kappa shape index (κ3) is 3.79. The number of halogens is 3. The number of nitrogens with zero attached hydrogens (tertiary/aromatic N) is 1. The fourth-order valence-electron chi connectivity index (χ4n) is 2.21. The highest BCUT2D eigenvalue weighted by atomic mass is 35.5. The number of H-pyrrole nitrogens is 1. The zero-order chi connectivity index (χ0) is 25.9. The summed E-state index contributed by atoms with van der Waals surface area (Å²) in [6.45, 7) is 0.923. The molecule has 0 saturated carbocycles. The Bertz CT molecular complexity index is 1430. The highest BCUT2D eigenvalue weighted by Gasteiger charge is 2.27. The first-order chi connectivity index (χ1) is 15.5. The van der Waals surface area contributed by atoms with Crippen LogP contribution in [-0.4, -0.2) is 29.9 Å². The number of carbonyl (C=O) groups excluding carboxylic acids is 1.